The Kier molecular flexibility index (Phi) is 21.7. The van der Waals surface area contributed by atoms with Crippen molar-refractivity contribution in [1.29, 1.82) is 0 Å². The van der Waals surface area contributed by atoms with Crippen LogP contribution in [0.25, 0.3) is 0 Å². The maximum absolute atomic E-state index is 8.77. The molecule has 0 amide bonds. The van der Waals surface area contributed by atoms with Crippen LogP contribution in [-0.4, -0.2) is 74.4 Å². The molecule has 0 rings (SSSR count). The third kappa shape index (κ3) is 20.0. The summed E-state index contributed by atoms with van der Waals surface area (Å²) in [5.41, 5.74) is 0. The van der Waals surface area contributed by atoms with E-state index in [4.69, 9.17) is 19.7 Å². The Balaban J connectivity index is 3.76. The fourth-order valence-electron chi connectivity index (χ4n) is 2.72. The van der Waals surface area contributed by atoms with Crippen molar-refractivity contribution in [2.45, 2.75) is 71.1 Å². The maximum Gasteiger partial charge on any atom is 0.0593 e. The molecule has 152 valence electrons. The highest BCUT2D eigenvalue weighted by molar-refractivity contribution is 4.59. The van der Waals surface area contributed by atoms with Crippen molar-refractivity contribution >= 4 is 0 Å². The van der Waals surface area contributed by atoms with Gasteiger partial charge in [-0.05, 0) is 38.6 Å². The SMILES string of the molecule is CCCCCCCCN(CCCOCCCO)CCOCCCCO. The molecule has 0 saturated heterocycles. The van der Waals surface area contributed by atoms with Gasteiger partial charge in [-0.15, -0.1) is 0 Å². The van der Waals surface area contributed by atoms with E-state index in [0.29, 0.717) is 6.61 Å². The first-order chi connectivity index (χ1) is 12.3. The van der Waals surface area contributed by atoms with Gasteiger partial charge >= 0.3 is 0 Å². The minimum absolute atomic E-state index is 0.206. The first kappa shape index (κ1) is 24.8. The number of rotatable bonds is 21. The van der Waals surface area contributed by atoms with Crippen LogP contribution in [0.5, 0.6) is 0 Å². The normalized spacial score (nSPS) is 11.5. The van der Waals surface area contributed by atoms with Gasteiger partial charge in [-0.2, -0.15) is 0 Å². The molecule has 0 fully saturated rings. The minimum atomic E-state index is 0.206. The van der Waals surface area contributed by atoms with Gasteiger partial charge in [0.2, 0.25) is 0 Å². The molecule has 0 aromatic carbocycles. The van der Waals surface area contributed by atoms with Gasteiger partial charge in [-0.25, -0.2) is 0 Å². The molecule has 2 N–H and O–H groups in total. The zero-order valence-corrected chi connectivity index (χ0v) is 16.6. The summed E-state index contributed by atoms with van der Waals surface area (Å²) < 4.78 is 11.2. The van der Waals surface area contributed by atoms with Gasteiger partial charge in [0.15, 0.2) is 0 Å². The van der Waals surface area contributed by atoms with Crippen molar-refractivity contribution in [1.82, 2.24) is 4.90 Å². The maximum atomic E-state index is 8.77. The summed E-state index contributed by atoms with van der Waals surface area (Å²) in [7, 11) is 0. The molecule has 0 bridgehead atoms. The molecule has 0 aromatic heterocycles. The summed E-state index contributed by atoms with van der Waals surface area (Å²) in [6.07, 6.45) is 11.5. The van der Waals surface area contributed by atoms with E-state index in [1.54, 1.807) is 0 Å². The fourth-order valence-corrected chi connectivity index (χ4v) is 2.72. The van der Waals surface area contributed by atoms with Crippen molar-refractivity contribution in [2.24, 2.45) is 0 Å². The third-order valence-corrected chi connectivity index (χ3v) is 4.29. The number of ether oxygens (including phenoxy) is 2. The molecule has 0 unspecified atom stereocenters. The summed E-state index contributed by atoms with van der Waals surface area (Å²) in [6, 6.07) is 0. The average molecular weight is 362 g/mol. The lowest BCUT2D eigenvalue weighted by Crippen LogP contribution is -2.30. The Hall–Kier alpha value is -0.200. The largest absolute Gasteiger partial charge is 0.396 e. The van der Waals surface area contributed by atoms with E-state index in [2.05, 4.69) is 11.8 Å². The number of aliphatic hydroxyl groups is 2. The Bertz CT molecular complexity index is 204. The van der Waals surface area contributed by atoms with Crippen molar-refractivity contribution in [2.75, 3.05) is 59.3 Å². The molecule has 0 heterocycles. The predicted octanol–water partition coefficient (Wildman–Crippen LogP) is 3.23. The lowest BCUT2D eigenvalue weighted by atomic mass is 10.1. The Morgan fingerprint density at radius 2 is 1.16 bits per heavy atom. The molecular weight excluding hydrogens is 318 g/mol. The van der Waals surface area contributed by atoms with E-state index < -0.39 is 0 Å². The van der Waals surface area contributed by atoms with Gasteiger partial charge in [-0.1, -0.05) is 39.0 Å². The molecule has 25 heavy (non-hydrogen) atoms. The lowest BCUT2D eigenvalue weighted by molar-refractivity contribution is 0.0834. The second-order valence-corrected chi connectivity index (χ2v) is 6.70. The summed E-state index contributed by atoms with van der Waals surface area (Å²) >= 11 is 0. The van der Waals surface area contributed by atoms with Gasteiger partial charge < -0.3 is 24.6 Å². The molecule has 0 aliphatic rings. The van der Waals surface area contributed by atoms with Crippen LogP contribution in [0.15, 0.2) is 0 Å². The molecule has 0 spiro atoms. The van der Waals surface area contributed by atoms with Crippen molar-refractivity contribution in [3.63, 3.8) is 0 Å². The molecule has 0 radical (unpaired) electrons. The van der Waals surface area contributed by atoms with E-state index in [9.17, 15) is 0 Å². The number of hydrogen-bond acceptors (Lipinski definition) is 5. The second kappa shape index (κ2) is 21.8. The highest BCUT2D eigenvalue weighted by atomic mass is 16.5. The summed E-state index contributed by atoms with van der Waals surface area (Å²) in [6.45, 7) is 8.82. The van der Waals surface area contributed by atoms with E-state index in [1.165, 1.54) is 38.5 Å². The van der Waals surface area contributed by atoms with Crippen LogP contribution in [0.2, 0.25) is 0 Å². The highest BCUT2D eigenvalue weighted by Crippen LogP contribution is 2.06. The molecule has 5 nitrogen and oxygen atoms in total. The van der Waals surface area contributed by atoms with Crippen LogP contribution >= 0.6 is 0 Å². The fraction of sp³-hybridized carbons (Fsp3) is 1.00. The highest BCUT2D eigenvalue weighted by Gasteiger charge is 2.05. The topological polar surface area (TPSA) is 62.2 Å². The zero-order chi connectivity index (χ0) is 18.4. The van der Waals surface area contributed by atoms with Gasteiger partial charge in [0.1, 0.15) is 0 Å². The molecule has 0 aliphatic carbocycles. The van der Waals surface area contributed by atoms with E-state index in [1.807, 2.05) is 0 Å². The number of nitrogens with zero attached hydrogens (tertiary/aromatic N) is 1. The number of unbranched alkanes of at least 4 members (excludes halogenated alkanes) is 6. The number of aliphatic hydroxyl groups excluding tert-OH is 2. The molecule has 0 aromatic rings. The Morgan fingerprint density at radius 1 is 0.560 bits per heavy atom. The van der Waals surface area contributed by atoms with Crippen LogP contribution in [0.3, 0.4) is 0 Å². The van der Waals surface area contributed by atoms with E-state index in [-0.39, 0.29) is 13.2 Å². The summed E-state index contributed by atoms with van der Waals surface area (Å²) in [4.78, 5) is 2.49. The summed E-state index contributed by atoms with van der Waals surface area (Å²) in [5.74, 6) is 0. The first-order valence-corrected chi connectivity index (χ1v) is 10.4. The second-order valence-electron chi connectivity index (χ2n) is 6.70. The Morgan fingerprint density at radius 3 is 1.92 bits per heavy atom. The van der Waals surface area contributed by atoms with Gasteiger partial charge in [0, 0.05) is 46.1 Å². The molecule has 0 atom stereocenters. The monoisotopic (exact) mass is 361 g/mol. The van der Waals surface area contributed by atoms with Crippen LogP contribution in [0.4, 0.5) is 0 Å². The van der Waals surface area contributed by atoms with Crippen LogP contribution in [-0.2, 0) is 9.47 Å². The van der Waals surface area contributed by atoms with Crippen molar-refractivity contribution in [3.05, 3.63) is 0 Å². The van der Waals surface area contributed by atoms with Crippen molar-refractivity contribution < 1.29 is 19.7 Å². The first-order valence-electron chi connectivity index (χ1n) is 10.4. The minimum Gasteiger partial charge on any atom is -0.396 e. The van der Waals surface area contributed by atoms with Crippen LogP contribution in [0.1, 0.15) is 71.1 Å². The standard InChI is InChI=1S/C20H43NO4/c1-2-3-4-5-6-7-12-21(13-10-18-24-19-11-16-23)14-20-25-17-9-8-15-22/h22-23H,2-20H2,1H3. The smallest absolute Gasteiger partial charge is 0.0593 e. The van der Waals surface area contributed by atoms with Gasteiger partial charge in [-0.3, -0.25) is 0 Å². The molecule has 0 saturated carbocycles. The molecule has 0 aliphatic heterocycles. The van der Waals surface area contributed by atoms with Crippen LogP contribution < -0.4 is 0 Å². The summed E-state index contributed by atoms with van der Waals surface area (Å²) in [5, 5.41) is 17.5. The van der Waals surface area contributed by atoms with Crippen molar-refractivity contribution in [3.8, 4) is 0 Å². The molecule has 5 heteroatoms. The predicted molar refractivity (Wildman–Crippen MR) is 104 cm³/mol. The number of hydrogen-bond donors (Lipinski definition) is 2. The lowest BCUT2D eigenvalue weighted by Gasteiger charge is -2.22. The Labute approximate surface area is 155 Å². The van der Waals surface area contributed by atoms with E-state index in [0.717, 1.165) is 65.1 Å². The van der Waals surface area contributed by atoms with Gasteiger partial charge in [0.25, 0.3) is 0 Å². The quantitative estimate of drug-likeness (QED) is 0.307. The van der Waals surface area contributed by atoms with Crippen LogP contribution in [0, 0.1) is 0 Å². The van der Waals surface area contributed by atoms with E-state index >= 15 is 0 Å². The third-order valence-electron chi connectivity index (χ3n) is 4.29. The molecular formula is C20H43NO4. The van der Waals surface area contributed by atoms with Gasteiger partial charge in [0.05, 0.1) is 6.61 Å². The zero-order valence-electron chi connectivity index (χ0n) is 16.6. The average Bonchev–Trinajstić information content (AvgIpc) is 2.63.